The number of benzene rings is 2. The Balaban J connectivity index is 1.79. The number of hydrogen-bond donors (Lipinski definition) is 0. The van der Waals surface area contributed by atoms with E-state index in [0.717, 1.165) is 36.8 Å². The van der Waals surface area contributed by atoms with Crippen molar-refractivity contribution in [3.05, 3.63) is 70.1 Å². The van der Waals surface area contributed by atoms with E-state index in [-0.39, 0.29) is 5.91 Å². The molecule has 3 rings (SSSR count). The molecule has 5 heteroatoms. The maximum Gasteiger partial charge on any atom is 0.270 e. The lowest BCUT2D eigenvalue weighted by Crippen LogP contribution is -2.27. The fourth-order valence-electron chi connectivity index (χ4n) is 2.71. The maximum atomic E-state index is 12.8. The number of thiocarbonyl (C=S) groups is 1. The smallest absolute Gasteiger partial charge is 0.270 e. The summed E-state index contributed by atoms with van der Waals surface area (Å²) in [5.74, 6) is -0.110. The lowest BCUT2D eigenvalue weighted by molar-refractivity contribution is -0.113. The summed E-state index contributed by atoms with van der Waals surface area (Å²) in [5, 5.41) is 0. The lowest BCUT2D eigenvalue weighted by Gasteiger charge is -2.15. The van der Waals surface area contributed by atoms with Crippen LogP contribution in [0.15, 0.2) is 53.4 Å². The van der Waals surface area contributed by atoms with Gasteiger partial charge in [0.1, 0.15) is 6.29 Å². The van der Waals surface area contributed by atoms with Crippen molar-refractivity contribution in [2.75, 3.05) is 4.90 Å². The first kappa shape index (κ1) is 18.5. The van der Waals surface area contributed by atoms with E-state index in [2.05, 4.69) is 19.1 Å². The number of aldehydes is 1. The molecule has 0 atom stereocenters. The second-order valence-electron chi connectivity index (χ2n) is 6.07. The van der Waals surface area contributed by atoms with Gasteiger partial charge in [0.05, 0.1) is 10.6 Å². The fourth-order valence-corrected chi connectivity index (χ4v) is 4.00. The molecule has 1 aliphatic heterocycles. The monoisotopic (exact) mass is 381 g/mol. The number of nitrogens with zero attached hydrogens (tertiary/aromatic N) is 1. The van der Waals surface area contributed by atoms with E-state index in [1.165, 1.54) is 17.3 Å². The minimum Gasteiger partial charge on any atom is -0.298 e. The van der Waals surface area contributed by atoms with Gasteiger partial charge < -0.3 is 0 Å². The Bertz CT molecular complexity index is 855. The molecule has 1 saturated heterocycles. The van der Waals surface area contributed by atoms with Gasteiger partial charge in [-0.25, -0.2) is 0 Å². The molecule has 1 aliphatic rings. The number of hydrogen-bond acceptors (Lipinski definition) is 4. The van der Waals surface area contributed by atoms with Crippen molar-refractivity contribution in [1.29, 1.82) is 0 Å². The Morgan fingerprint density at radius 1 is 1.04 bits per heavy atom. The molecule has 1 heterocycles. The molecule has 0 spiro atoms. The van der Waals surface area contributed by atoms with Crippen LogP contribution in [0.2, 0.25) is 0 Å². The lowest BCUT2D eigenvalue weighted by atomic mass is 10.1. The molecule has 0 N–H and O–H groups in total. The van der Waals surface area contributed by atoms with Gasteiger partial charge in [-0.3, -0.25) is 14.5 Å². The zero-order chi connectivity index (χ0) is 18.5. The average molecular weight is 382 g/mol. The number of thioether (sulfide) groups is 1. The van der Waals surface area contributed by atoms with Crippen LogP contribution in [0.25, 0.3) is 6.08 Å². The van der Waals surface area contributed by atoms with Gasteiger partial charge in [-0.05, 0) is 42.2 Å². The van der Waals surface area contributed by atoms with Crippen LogP contribution in [0.5, 0.6) is 0 Å². The summed E-state index contributed by atoms with van der Waals surface area (Å²) in [4.78, 5) is 25.7. The Morgan fingerprint density at radius 2 is 1.69 bits per heavy atom. The van der Waals surface area contributed by atoms with Crippen molar-refractivity contribution in [3.63, 3.8) is 0 Å². The zero-order valence-corrected chi connectivity index (χ0v) is 16.1. The van der Waals surface area contributed by atoms with Crippen LogP contribution in [0.1, 0.15) is 41.3 Å². The molecule has 2 aromatic rings. The average Bonchev–Trinajstić information content (AvgIpc) is 2.94. The molecule has 0 aromatic heterocycles. The molecule has 1 fully saturated rings. The third-order valence-corrected chi connectivity index (χ3v) is 5.48. The van der Waals surface area contributed by atoms with Gasteiger partial charge in [0.25, 0.3) is 5.91 Å². The van der Waals surface area contributed by atoms with Crippen LogP contribution in [0.3, 0.4) is 0 Å². The second-order valence-corrected chi connectivity index (χ2v) is 7.75. The third-order valence-electron chi connectivity index (χ3n) is 4.18. The van der Waals surface area contributed by atoms with Gasteiger partial charge in [0.15, 0.2) is 4.32 Å². The largest absolute Gasteiger partial charge is 0.298 e. The van der Waals surface area contributed by atoms with Crippen molar-refractivity contribution in [1.82, 2.24) is 0 Å². The van der Waals surface area contributed by atoms with E-state index in [1.807, 2.05) is 30.3 Å². The molecule has 26 heavy (non-hydrogen) atoms. The normalized spacial score (nSPS) is 15.7. The highest BCUT2D eigenvalue weighted by Crippen LogP contribution is 2.36. The van der Waals surface area contributed by atoms with Crippen LogP contribution in [-0.2, 0) is 11.2 Å². The molecule has 132 valence electrons. The summed E-state index contributed by atoms with van der Waals surface area (Å²) in [7, 11) is 0. The molecule has 0 unspecified atom stereocenters. The van der Waals surface area contributed by atoms with Crippen molar-refractivity contribution in [2.45, 2.75) is 26.2 Å². The van der Waals surface area contributed by atoms with Gasteiger partial charge in [-0.2, -0.15) is 0 Å². The van der Waals surface area contributed by atoms with Crippen molar-refractivity contribution in [3.8, 4) is 0 Å². The molecule has 1 amide bonds. The van der Waals surface area contributed by atoms with Crippen molar-refractivity contribution >= 4 is 52.3 Å². The molecule has 0 radical (unpaired) electrons. The standard InChI is InChI=1S/C21H19NO2S2/c1-2-3-4-15-9-11-18(12-10-15)22-20(24)19(26-21(22)25)13-16-5-7-17(14-23)8-6-16/h5-14H,2-4H2,1H3. The summed E-state index contributed by atoms with van der Waals surface area (Å²) in [6.45, 7) is 2.17. The number of amides is 1. The highest BCUT2D eigenvalue weighted by atomic mass is 32.2. The molecule has 0 aliphatic carbocycles. The van der Waals surface area contributed by atoms with E-state index >= 15 is 0 Å². The summed E-state index contributed by atoms with van der Waals surface area (Å²) in [5.41, 5.74) is 3.54. The topological polar surface area (TPSA) is 37.4 Å². The third kappa shape index (κ3) is 4.11. The quantitative estimate of drug-likeness (QED) is 0.389. The van der Waals surface area contributed by atoms with Gasteiger partial charge in [-0.1, -0.05) is 73.7 Å². The minimum absolute atomic E-state index is 0.110. The fraction of sp³-hybridized carbons (Fsp3) is 0.190. The number of rotatable bonds is 6. The number of anilines is 1. The zero-order valence-electron chi connectivity index (χ0n) is 14.5. The highest BCUT2D eigenvalue weighted by Gasteiger charge is 2.33. The van der Waals surface area contributed by atoms with E-state index in [4.69, 9.17) is 12.2 Å². The van der Waals surface area contributed by atoms with Crippen LogP contribution in [0.4, 0.5) is 5.69 Å². The maximum absolute atomic E-state index is 12.8. The second kappa shape index (κ2) is 8.43. The SMILES string of the molecule is CCCCc1ccc(N2C(=O)C(=Cc3ccc(C=O)cc3)SC2=S)cc1. The molecular formula is C21H19NO2S2. The summed E-state index contributed by atoms with van der Waals surface area (Å²) in [6, 6.07) is 15.1. The van der Waals surface area contributed by atoms with Crippen LogP contribution >= 0.6 is 24.0 Å². The summed E-state index contributed by atoms with van der Waals surface area (Å²) < 4.78 is 0.534. The van der Waals surface area contributed by atoms with Crippen molar-refractivity contribution < 1.29 is 9.59 Å². The first-order chi connectivity index (χ1) is 12.6. The van der Waals surface area contributed by atoms with E-state index in [0.29, 0.717) is 14.8 Å². The molecule has 0 saturated carbocycles. The molecular weight excluding hydrogens is 362 g/mol. The predicted molar refractivity (Wildman–Crippen MR) is 113 cm³/mol. The van der Waals surface area contributed by atoms with Crippen LogP contribution < -0.4 is 4.90 Å². The molecule has 0 bridgehead atoms. The summed E-state index contributed by atoms with van der Waals surface area (Å²) in [6.07, 6.45) is 5.98. The predicted octanol–water partition coefficient (Wildman–Crippen LogP) is 5.25. The number of carbonyl (C=O) groups excluding carboxylic acids is 2. The Labute approximate surface area is 163 Å². The summed E-state index contributed by atoms with van der Waals surface area (Å²) >= 11 is 6.72. The number of aryl methyl sites for hydroxylation is 1. The van der Waals surface area contributed by atoms with Crippen molar-refractivity contribution in [2.24, 2.45) is 0 Å². The van der Waals surface area contributed by atoms with E-state index < -0.39 is 0 Å². The van der Waals surface area contributed by atoms with Gasteiger partial charge in [0.2, 0.25) is 0 Å². The van der Waals surface area contributed by atoms with E-state index in [9.17, 15) is 9.59 Å². The Morgan fingerprint density at radius 3 is 2.31 bits per heavy atom. The first-order valence-corrected chi connectivity index (χ1v) is 9.77. The van der Waals surface area contributed by atoms with Crippen LogP contribution in [0, 0.1) is 0 Å². The van der Waals surface area contributed by atoms with E-state index in [1.54, 1.807) is 17.0 Å². The molecule has 3 nitrogen and oxygen atoms in total. The highest BCUT2D eigenvalue weighted by molar-refractivity contribution is 8.27. The number of carbonyl (C=O) groups is 2. The first-order valence-electron chi connectivity index (χ1n) is 8.54. The van der Waals surface area contributed by atoms with Gasteiger partial charge in [0, 0.05) is 5.56 Å². The van der Waals surface area contributed by atoms with Gasteiger partial charge in [-0.15, -0.1) is 0 Å². The van der Waals surface area contributed by atoms with Gasteiger partial charge >= 0.3 is 0 Å². The van der Waals surface area contributed by atoms with Crippen LogP contribution in [-0.4, -0.2) is 16.5 Å². The minimum atomic E-state index is -0.110. The Kier molecular flexibility index (Phi) is 6.01. The Hall–Kier alpha value is -2.24. The molecule has 2 aromatic carbocycles. The number of unbranched alkanes of at least 4 members (excludes halogenated alkanes) is 1.